The van der Waals surface area contributed by atoms with Crippen LogP contribution < -0.4 is 5.32 Å². The van der Waals surface area contributed by atoms with E-state index in [2.05, 4.69) is 5.32 Å². The summed E-state index contributed by atoms with van der Waals surface area (Å²) in [6, 6.07) is 3.29. The molecule has 0 aliphatic heterocycles. The van der Waals surface area contributed by atoms with Crippen LogP contribution in [0.15, 0.2) is 18.2 Å². The van der Waals surface area contributed by atoms with Gasteiger partial charge in [-0.2, -0.15) is 0 Å². The largest absolute Gasteiger partial charge is 0.508 e. The average molecular weight is 241 g/mol. The third-order valence-electron chi connectivity index (χ3n) is 2.19. The fraction of sp³-hybridized carbons (Fsp3) is 0.417. The molecule has 1 rings (SSSR count). The molecule has 0 amide bonds. The highest BCUT2D eigenvalue weighted by Crippen LogP contribution is 2.14. The van der Waals surface area contributed by atoms with Crippen LogP contribution in [-0.2, 0) is 16.1 Å². The number of carbonyl (C=O) groups excluding carboxylic acids is 1. The van der Waals surface area contributed by atoms with E-state index < -0.39 is 11.9 Å². The van der Waals surface area contributed by atoms with Crippen molar-refractivity contribution in [3.8, 4) is 5.75 Å². The maximum Gasteiger partial charge on any atom is 0.322 e. The number of rotatable bonds is 5. The number of hydrogen-bond acceptors (Lipinski definition) is 4. The number of benzene rings is 1. The molecule has 0 saturated heterocycles. The normalized spacial score (nSPS) is 12.2. The second-order valence-electron chi connectivity index (χ2n) is 3.67. The minimum atomic E-state index is -0.509. The molecule has 5 heteroatoms. The third kappa shape index (κ3) is 4.40. The topological polar surface area (TPSA) is 58.6 Å². The summed E-state index contributed by atoms with van der Waals surface area (Å²) in [5.74, 6) is -0.996. The Bertz CT molecular complexity index is 375. The first-order chi connectivity index (χ1) is 8.02. The fourth-order valence-corrected chi connectivity index (χ4v) is 1.36. The number of phenols is 1. The van der Waals surface area contributed by atoms with E-state index in [9.17, 15) is 14.3 Å². The quantitative estimate of drug-likeness (QED) is 0.768. The Balaban J connectivity index is 2.52. The summed E-state index contributed by atoms with van der Waals surface area (Å²) < 4.78 is 17.8. The highest BCUT2D eigenvalue weighted by atomic mass is 19.1. The summed E-state index contributed by atoms with van der Waals surface area (Å²) in [4.78, 5) is 11.3. The van der Waals surface area contributed by atoms with Crippen LogP contribution in [0.3, 0.4) is 0 Å². The highest BCUT2D eigenvalue weighted by Gasteiger charge is 2.12. The molecule has 1 aromatic rings. The zero-order chi connectivity index (χ0) is 12.8. The smallest absolute Gasteiger partial charge is 0.322 e. The molecule has 4 nitrogen and oxygen atoms in total. The van der Waals surface area contributed by atoms with Crippen molar-refractivity contribution in [3.63, 3.8) is 0 Å². The van der Waals surface area contributed by atoms with Gasteiger partial charge >= 0.3 is 5.97 Å². The van der Waals surface area contributed by atoms with E-state index in [4.69, 9.17) is 4.74 Å². The van der Waals surface area contributed by atoms with Gasteiger partial charge in [-0.05, 0) is 31.5 Å². The zero-order valence-electron chi connectivity index (χ0n) is 9.87. The summed E-state index contributed by atoms with van der Waals surface area (Å²) in [5.41, 5.74) is 0.568. The molecule has 0 aromatic heterocycles. The molecular weight excluding hydrogens is 225 g/mol. The van der Waals surface area contributed by atoms with Gasteiger partial charge in [-0.15, -0.1) is 0 Å². The van der Waals surface area contributed by atoms with E-state index in [0.717, 1.165) is 6.07 Å². The van der Waals surface area contributed by atoms with Crippen LogP contribution in [0.4, 0.5) is 4.39 Å². The van der Waals surface area contributed by atoms with Crippen molar-refractivity contribution in [2.45, 2.75) is 26.4 Å². The molecule has 0 heterocycles. The van der Waals surface area contributed by atoms with Crippen molar-refractivity contribution in [1.82, 2.24) is 5.32 Å². The van der Waals surface area contributed by atoms with Gasteiger partial charge in [-0.3, -0.25) is 4.79 Å². The molecule has 17 heavy (non-hydrogen) atoms. The standard InChI is InChI=1S/C12H16FNO3/c1-3-17-12(16)8(2)14-7-9-4-10(13)6-11(15)5-9/h4-6,8,14-15H,3,7H2,1-2H3. The van der Waals surface area contributed by atoms with Gasteiger partial charge in [0.05, 0.1) is 6.61 Å². The van der Waals surface area contributed by atoms with Crippen LogP contribution in [0, 0.1) is 5.82 Å². The molecule has 1 atom stereocenters. The first kappa shape index (κ1) is 13.4. The molecule has 1 aromatic carbocycles. The first-order valence-corrected chi connectivity index (χ1v) is 5.41. The van der Waals surface area contributed by atoms with Crippen molar-refractivity contribution in [1.29, 1.82) is 0 Å². The lowest BCUT2D eigenvalue weighted by Crippen LogP contribution is -2.34. The monoisotopic (exact) mass is 241 g/mol. The van der Waals surface area contributed by atoms with Crippen molar-refractivity contribution >= 4 is 5.97 Å². The van der Waals surface area contributed by atoms with Gasteiger partial charge in [0, 0.05) is 12.6 Å². The number of carbonyl (C=O) groups is 1. The van der Waals surface area contributed by atoms with Crippen LogP contribution in [-0.4, -0.2) is 23.7 Å². The molecule has 0 bridgehead atoms. The molecule has 94 valence electrons. The van der Waals surface area contributed by atoms with E-state index in [1.54, 1.807) is 13.8 Å². The van der Waals surface area contributed by atoms with E-state index >= 15 is 0 Å². The Morgan fingerprint density at radius 3 is 2.82 bits per heavy atom. The Morgan fingerprint density at radius 2 is 2.24 bits per heavy atom. The molecular formula is C12H16FNO3. The first-order valence-electron chi connectivity index (χ1n) is 5.41. The maximum absolute atomic E-state index is 13.0. The van der Waals surface area contributed by atoms with Crippen molar-refractivity contribution in [3.05, 3.63) is 29.6 Å². The molecule has 0 saturated carbocycles. The molecule has 0 aliphatic carbocycles. The number of phenolic OH excluding ortho intramolecular Hbond substituents is 1. The Morgan fingerprint density at radius 1 is 1.53 bits per heavy atom. The number of hydrogen-bond donors (Lipinski definition) is 2. The Labute approximate surface area is 99.4 Å². The van der Waals surface area contributed by atoms with E-state index in [1.807, 2.05) is 0 Å². The third-order valence-corrected chi connectivity index (χ3v) is 2.19. The molecule has 0 aliphatic rings. The number of esters is 1. The lowest BCUT2D eigenvalue weighted by molar-refractivity contribution is -0.145. The fourth-order valence-electron chi connectivity index (χ4n) is 1.36. The van der Waals surface area contributed by atoms with Crippen molar-refractivity contribution < 1.29 is 19.0 Å². The SMILES string of the molecule is CCOC(=O)C(C)NCc1cc(O)cc(F)c1. The lowest BCUT2D eigenvalue weighted by atomic mass is 10.2. The maximum atomic E-state index is 13.0. The predicted molar refractivity (Wildman–Crippen MR) is 61.0 cm³/mol. The summed E-state index contributed by atoms with van der Waals surface area (Å²) in [7, 11) is 0. The molecule has 0 fully saturated rings. The molecule has 0 spiro atoms. The second-order valence-corrected chi connectivity index (χ2v) is 3.67. The number of ether oxygens (including phenoxy) is 1. The number of nitrogens with one attached hydrogen (secondary N) is 1. The Kier molecular flexibility index (Phi) is 4.90. The Hall–Kier alpha value is -1.62. The van der Waals surface area contributed by atoms with Crippen LogP contribution in [0.5, 0.6) is 5.75 Å². The minimum Gasteiger partial charge on any atom is -0.508 e. The average Bonchev–Trinajstić information content (AvgIpc) is 2.25. The minimum absolute atomic E-state index is 0.134. The summed E-state index contributed by atoms with van der Waals surface area (Å²) in [6.45, 7) is 4.00. The summed E-state index contributed by atoms with van der Waals surface area (Å²) >= 11 is 0. The second kappa shape index (κ2) is 6.20. The number of halogens is 1. The van der Waals surface area contributed by atoms with Crippen molar-refractivity contribution in [2.24, 2.45) is 0 Å². The van der Waals surface area contributed by atoms with Gasteiger partial charge in [0.15, 0.2) is 0 Å². The van der Waals surface area contributed by atoms with Gasteiger partial charge in [0.1, 0.15) is 17.6 Å². The van der Waals surface area contributed by atoms with E-state index in [-0.39, 0.29) is 18.3 Å². The summed E-state index contributed by atoms with van der Waals surface area (Å²) in [6.07, 6.45) is 0. The van der Waals surface area contributed by atoms with Crippen LogP contribution >= 0.6 is 0 Å². The lowest BCUT2D eigenvalue weighted by Gasteiger charge is -2.12. The van der Waals surface area contributed by atoms with Gasteiger partial charge in [-0.1, -0.05) is 0 Å². The van der Waals surface area contributed by atoms with Gasteiger partial charge in [0.25, 0.3) is 0 Å². The van der Waals surface area contributed by atoms with Gasteiger partial charge < -0.3 is 15.2 Å². The van der Waals surface area contributed by atoms with Crippen LogP contribution in [0.1, 0.15) is 19.4 Å². The van der Waals surface area contributed by atoms with Gasteiger partial charge in [0.2, 0.25) is 0 Å². The van der Waals surface area contributed by atoms with Crippen LogP contribution in [0.25, 0.3) is 0 Å². The number of aromatic hydroxyl groups is 1. The highest BCUT2D eigenvalue weighted by molar-refractivity contribution is 5.75. The van der Waals surface area contributed by atoms with Gasteiger partial charge in [-0.25, -0.2) is 4.39 Å². The summed E-state index contributed by atoms with van der Waals surface area (Å²) in [5, 5.41) is 12.1. The van der Waals surface area contributed by atoms with Crippen molar-refractivity contribution in [2.75, 3.05) is 6.61 Å². The predicted octanol–water partition coefficient (Wildman–Crippen LogP) is 1.57. The zero-order valence-corrected chi connectivity index (χ0v) is 9.87. The van der Waals surface area contributed by atoms with E-state index in [0.29, 0.717) is 12.2 Å². The molecule has 2 N–H and O–H groups in total. The van der Waals surface area contributed by atoms with Crippen LogP contribution in [0.2, 0.25) is 0 Å². The molecule has 0 radical (unpaired) electrons. The molecule has 1 unspecified atom stereocenters. The van der Waals surface area contributed by atoms with E-state index in [1.165, 1.54) is 12.1 Å².